The molecule has 130 valence electrons. The van der Waals surface area contributed by atoms with Crippen LogP contribution in [-0.4, -0.2) is 38.0 Å². The van der Waals surface area contributed by atoms with Crippen LogP contribution in [0.3, 0.4) is 0 Å². The highest BCUT2D eigenvalue weighted by Crippen LogP contribution is 2.40. The number of anilines is 2. The summed E-state index contributed by atoms with van der Waals surface area (Å²) in [4.78, 5) is 16.3. The number of nitrogens with zero attached hydrogens (tertiary/aromatic N) is 2. The Morgan fingerprint density at radius 1 is 0.960 bits per heavy atom. The van der Waals surface area contributed by atoms with E-state index in [0.717, 1.165) is 4.47 Å². The van der Waals surface area contributed by atoms with Crippen molar-refractivity contribution in [3.05, 3.63) is 58.0 Å². The van der Waals surface area contributed by atoms with Gasteiger partial charge in [-0.2, -0.15) is 0 Å². The van der Waals surface area contributed by atoms with Crippen molar-refractivity contribution in [2.75, 3.05) is 21.3 Å². The fourth-order valence-corrected chi connectivity index (χ4v) is 5.95. The zero-order valence-electron chi connectivity index (χ0n) is 13.0. The van der Waals surface area contributed by atoms with Crippen LogP contribution in [0.1, 0.15) is 0 Å². The van der Waals surface area contributed by atoms with E-state index in [-0.39, 0.29) is 17.5 Å². The molecule has 8 heteroatoms. The number of rotatable bonds is 2. The molecule has 2 heterocycles. The SMILES string of the molecule is O=C1N(c2ccccc2Cl)[C@@H]2CS(=O)(=O)C[C@@H]2N1c1ccc(Br)cc1. The molecule has 2 aromatic carbocycles. The largest absolute Gasteiger partial charge is 0.329 e. The average Bonchev–Trinajstić information content (AvgIpc) is 2.99. The van der Waals surface area contributed by atoms with Crippen LogP contribution in [-0.2, 0) is 9.84 Å². The molecule has 25 heavy (non-hydrogen) atoms. The number of urea groups is 1. The monoisotopic (exact) mass is 440 g/mol. The maximum Gasteiger partial charge on any atom is 0.329 e. The van der Waals surface area contributed by atoms with E-state index in [4.69, 9.17) is 11.6 Å². The molecule has 2 aliphatic heterocycles. The minimum Gasteiger partial charge on any atom is -0.288 e. The summed E-state index contributed by atoms with van der Waals surface area (Å²) in [7, 11) is -3.22. The lowest BCUT2D eigenvalue weighted by atomic mass is 10.1. The Kier molecular flexibility index (Phi) is 4.05. The summed E-state index contributed by atoms with van der Waals surface area (Å²) in [6.07, 6.45) is 0. The molecule has 2 saturated heterocycles. The molecule has 0 aromatic heterocycles. The predicted molar refractivity (Wildman–Crippen MR) is 102 cm³/mol. The smallest absolute Gasteiger partial charge is 0.288 e. The first-order valence-electron chi connectivity index (χ1n) is 7.70. The highest BCUT2D eigenvalue weighted by molar-refractivity contribution is 9.10. The van der Waals surface area contributed by atoms with Gasteiger partial charge in [0.05, 0.1) is 34.3 Å². The van der Waals surface area contributed by atoms with Gasteiger partial charge in [0.25, 0.3) is 0 Å². The van der Waals surface area contributed by atoms with E-state index in [9.17, 15) is 13.2 Å². The first kappa shape index (κ1) is 16.9. The summed E-state index contributed by atoms with van der Waals surface area (Å²) in [6, 6.07) is 13.2. The lowest BCUT2D eigenvalue weighted by molar-refractivity contribution is 0.255. The highest BCUT2D eigenvalue weighted by atomic mass is 79.9. The van der Waals surface area contributed by atoms with Crippen LogP contribution in [0.4, 0.5) is 16.2 Å². The molecule has 0 N–H and O–H groups in total. The van der Waals surface area contributed by atoms with Crippen LogP contribution in [0.5, 0.6) is 0 Å². The van der Waals surface area contributed by atoms with E-state index < -0.39 is 21.9 Å². The minimum atomic E-state index is -3.22. The third-order valence-electron chi connectivity index (χ3n) is 4.59. The second-order valence-electron chi connectivity index (χ2n) is 6.16. The Labute approximate surface area is 159 Å². The van der Waals surface area contributed by atoms with Gasteiger partial charge in [-0.1, -0.05) is 39.7 Å². The van der Waals surface area contributed by atoms with Gasteiger partial charge in [-0.3, -0.25) is 9.80 Å². The molecule has 2 amide bonds. The van der Waals surface area contributed by atoms with Crippen LogP contribution in [0.25, 0.3) is 0 Å². The van der Waals surface area contributed by atoms with E-state index in [1.807, 2.05) is 12.1 Å². The van der Waals surface area contributed by atoms with Crippen molar-refractivity contribution in [1.82, 2.24) is 0 Å². The van der Waals surface area contributed by atoms with E-state index >= 15 is 0 Å². The van der Waals surface area contributed by atoms with Crippen LogP contribution >= 0.6 is 27.5 Å². The van der Waals surface area contributed by atoms with Crippen LogP contribution < -0.4 is 9.80 Å². The molecule has 0 radical (unpaired) electrons. The van der Waals surface area contributed by atoms with Crippen LogP contribution in [0.2, 0.25) is 5.02 Å². The van der Waals surface area contributed by atoms with E-state index in [1.54, 1.807) is 41.3 Å². The Bertz CT molecular complexity index is 949. The molecule has 0 spiro atoms. The van der Waals surface area contributed by atoms with E-state index in [1.165, 1.54) is 4.90 Å². The molecule has 2 aliphatic rings. The van der Waals surface area contributed by atoms with Gasteiger partial charge in [0.2, 0.25) is 0 Å². The minimum absolute atomic E-state index is 0.0412. The van der Waals surface area contributed by atoms with E-state index in [0.29, 0.717) is 16.4 Å². The summed E-state index contributed by atoms with van der Waals surface area (Å²) in [5.74, 6) is -0.0952. The average molecular weight is 442 g/mol. The second-order valence-corrected chi connectivity index (χ2v) is 9.64. The summed E-state index contributed by atoms with van der Waals surface area (Å²) in [5, 5.41) is 0.427. The van der Waals surface area contributed by atoms with Gasteiger partial charge < -0.3 is 0 Å². The summed E-state index contributed by atoms with van der Waals surface area (Å²) < 4.78 is 25.4. The van der Waals surface area contributed by atoms with Crippen molar-refractivity contribution >= 4 is 54.8 Å². The molecule has 0 aliphatic carbocycles. The standard InChI is InChI=1S/C17H14BrClN2O3S/c18-11-5-7-12(8-6-11)20-15-9-25(23,24)10-16(15)21(17(20)22)14-4-2-1-3-13(14)19/h1-8,15-16H,9-10H2/t15-,16+/m0/s1. The number of hydrogen-bond acceptors (Lipinski definition) is 3. The third-order valence-corrected chi connectivity index (χ3v) is 7.13. The number of amides is 2. The van der Waals surface area contributed by atoms with Gasteiger partial charge in [-0.15, -0.1) is 0 Å². The topological polar surface area (TPSA) is 57.7 Å². The van der Waals surface area contributed by atoms with Crippen LogP contribution in [0.15, 0.2) is 53.0 Å². The summed E-state index contributed by atoms with van der Waals surface area (Å²) >= 11 is 9.65. The van der Waals surface area contributed by atoms with E-state index in [2.05, 4.69) is 15.9 Å². The number of benzene rings is 2. The Balaban J connectivity index is 1.83. The predicted octanol–water partition coefficient (Wildman–Crippen LogP) is 3.71. The van der Waals surface area contributed by atoms with Crippen molar-refractivity contribution < 1.29 is 13.2 Å². The summed E-state index contributed by atoms with van der Waals surface area (Å²) in [6.45, 7) is 0. The molecular formula is C17H14BrClN2O3S. The molecule has 4 rings (SSSR count). The molecule has 2 fully saturated rings. The zero-order valence-corrected chi connectivity index (χ0v) is 16.1. The number of fused-ring (bicyclic) bond motifs is 1. The summed E-state index contributed by atoms with van der Waals surface area (Å²) in [5.41, 5.74) is 1.22. The number of carbonyl (C=O) groups excluding carboxylic acids is 1. The molecule has 0 bridgehead atoms. The maximum atomic E-state index is 13.2. The zero-order chi connectivity index (χ0) is 17.8. The maximum absolute atomic E-state index is 13.2. The first-order valence-corrected chi connectivity index (χ1v) is 10.7. The number of para-hydroxylation sites is 1. The normalized spacial score (nSPS) is 24.6. The fraction of sp³-hybridized carbons (Fsp3) is 0.235. The second kappa shape index (κ2) is 6.00. The van der Waals surface area contributed by atoms with Crippen molar-refractivity contribution in [2.45, 2.75) is 12.1 Å². The first-order chi connectivity index (χ1) is 11.9. The van der Waals surface area contributed by atoms with Gasteiger partial charge in [-0.25, -0.2) is 13.2 Å². The Morgan fingerprint density at radius 2 is 1.56 bits per heavy atom. The highest BCUT2D eigenvalue weighted by Gasteiger charge is 2.54. The van der Waals surface area contributed by atoms with Crippen molar-refractivity contribution in [3.8, 4) is 0 Å². The van der Waals surface area contributed by atoms with Gasteiger partial charge in [0.15, 0.2) is 9.84 Å². The van der Waals surface area contributed by atoms with Crippen LogP contribution in [0, 0.1) is 0 Å². The van der Waals surface area contributed by atoms with Gasteiger partial charge >= 0.3 is 6.03 Å². The third kappa shape index (κ3) is 2.84. The number of sulfone groups is 1. The number of halogens is 2. The molecule has 0 unspecified atom stereocenters. The van der Waals surface area contributed by atoms with Crippen molar-refractivity contribution in [2.24, 2.45) is 0 Å². The molecular weight excluding hydrogens is 428 g/mol. The number of hydrogen-bond donors (Lipinski definition) is 0. The van der Waals surface area contributed by atoms with Gasteiger partial charge in [-0.05, 0) is 36.4 Å². The quantitative estimate of drug-likeness (QED) is 0.668. The molecule has 2 atom stereocenters. The fourth-order valence-electron chi connectivity index (χ4n) is 3.54. The lowest BCUT2D eigenvalue weighted by Crippen LogP contribution is -2.38. The van der Waals surface area contributed by atoms with Gasteiger partial charge in [0, 0.05) is 10.2 Å². The number of carbonyl (C=O) groups is 1. The van der Waals surface area contributed by atoms with Crippen molar-refractivity contribution in [3.63, 3.8) is 0 Å². The molecule has 2 aromatic rings. The van der Waals surface area contributed by atoms with Crippen molar-refractivity contribution in [1.29, 1.82) is 0 Å². The lowest BCUT2D eigenvalue weighted by Gasteiger charge is -2.23. The Morgan fingerprint density at radius 3 is 2.20 bits per heavy atom. The van der Waals surface area contributed by atoms with Gasteiger partial charge in [0.1, 0.15) is 0 Å². The Hall–Kier alpha value is -1.57. The molecule has 0 saturated carbocycles. The molecule has 5 nitrogen and oxygen atoms in total.